The summed E-state index contributed by atoms with van der Waals surface area (Å²) < 4.78 is 27.6. The van der Waals surface area contributed by atoms with Gasteiger partial charge < -0.3 is 10.6 Å². The molecule has 2 aromatic rings. The third kappa shape index (κ3) is 4.73. The SMILES string of the molecule is C=CCNc1nnc(S[C@@H](C)C(=O)Nc2c(F)cccc2F)s1. The van der Waals surface area contributed by atoms with Gasteiger partial charge in [-0.1, -0.05) is 35.2 Å². The van der Waals surface area contributed by atoms with E-state index in [-0.39, 0.29) is 0 Å². The fraction of sp³-hybridized carbons (Fsp3) is 0.214. The van der Waals surface area contributed by atoms with Crippen LogP contribution in [-0.2, 0) is 4.79 Å². The predicted molar refractivity (Wildman–Crippen MR) is 88.9 cm³/mol. The number of nitrogens with one attached hydrogen (secondary N) is 2. The molecule has 0 bridgehead atoms. The molecule has 0 radical (unpaired) electrons. The minimum absolute atomic E-state index is 0.449. The molecule has 1 heterocycles. The van der Waals surface area contributed by atoms with Crippen molar-refractivity contribution < 1.29 is 13.6 Å². The maximum absolute atomic E-state index is 13.5. The number of carbonyl (C=O) groups is 1. The maximum atomic E-state index is 13.5. The number of aromatic nitrogens is 2. The number of para-hydroxylation sites is 1. The van der Waals surface area contributed by atoms with E-state index in [1.54, 1.807) is 13.0 Å². The number of amides is 1. The van der Waals surface area contributed by atoms with Gasteiger partial charge in [0.1, 0.15) is 17.3 Å². The summed E-state index contributed by atoms with van der Waals surface area (Å²) in [5.41, 5.74) is -0.449. The summed E-state index contributed by atoms with van der Waals surface area (Å²) in [7, 11) is 0. The molecule has 1 aromatic heterocycles. The third-order valence-corrected chi connectivity index (χ3v) is 4.73. The van der Waals surface area contributed by atoms with E-state index in [4.69, 9.17) is 0 Å². The van der Waals surface area contributed by atoms with Crippen LogP contribution in [0.2, 0.25) is 0 Å². The molecule has 0 spiro atoms. The average Bonchev–Trinajstić information content (AvgIpc) is 2.96. The number of nitrogens with zero attached hydrogens (tertiary/aromatic N) is 2. The van der Waals surface area contributed by atoms with E-state index >= 15 is 0 Å². The van der Waals surface area contributed by atoms with Crippen molar-refractivity contribution in [3.05, 3.63) is 42.5 Å². The smallest absolute Gasteiger partial charge is 0.237 e. The highest BCUT2D eigenvalue weighted by atomic mass is 32.2. The van der Waals surface area contributed by atoms with Crippen LogP contribution in [0.15, 0.2) is 35.2 Å². The highest BCUT2D eigenvalue weighted by molar-refractivity contribution is 8.02. The molecule has 1 atom stereocenters. The van der Waals surface area contributed by atoms with Crippen molar-refractivity contribution in [2.45, 2.75) is 16.5 Å². The molecular formula is C14H14F2N4OS2. The van der Waals surface area contributed by atoms with Crippen LogP contribution in [0.4, 0.5) is 19.6 Å². The molecule has 23 heavy (non-hydrogen) atoms. The van der Waals surface area contributed by atoms with Crippen LogP contribution in [0.3, 0.4) is 0 Å². The number of halogens is 2. The van der Waals surface area contributed by atoms with Crippen LogP contribution in [-0.4, -0.2) is 27.9 Å². The minimum atomic E-state index is -0.817. The van der Waals surface area contributed by atoms with E-state index in [2.05, 4.69) is 27.4 Å². The van der Waals surface area contributed by atoms with Crippen molar-refractivity contribution in [2.24, 2.45) is 0 Å². The van der Waals surface area contributed by atoms with Gasteiger partial charge in [-0.25, -0.2) is 8.78 Å². The summed E-state index contributed by atoms with van der Waals surface area (Å²) in [6.45, 7) is 5.76. The molecule has 0 aliphatic carbocycles. The summed E-state index contributed by atoms with van der Waals surface area (Å²) >= 11 is 2.44. The maximum Gasteiger partial charge on any atom is 0.237 e. The molecule has 0 aliphatic heterocycles. The van der Waals surface area contributed by atoms with Crippen LogP contribution in [0.25, 0.3) is 0 Å². The lowest BCUT2D eigenvalue weighted by molar-refractivity contribution is -0.115. The summed E-state index contributed by atoms with van der Waals surface area (Å²) in [5.74, 6) is -2.15. The molecule has 0 aliphatic rings. The van der Waals surface area contributed by atoms with E-state index in [1.807, 2.05) is 0 Å². The van der Waals surface area contributed by atoms with Gasteiger partial charge >= 0.3 is 0 Å². The average molecular weight is 356 g/mol. The summed E-state index contributed by atoms with van der Waals surface area (Å²) in [6, 6.07) is 3.40. The second-order valence-corrected chi connectivity index (χ2v) is 6.95. The molecule has 1 amide bonds. The Labute approximate surface area is 140 Å². The summed E-state index contributed by atoms with van der Waals surface area (Å²) in [6.07, 6.45) is 1.69. The standard InChI is InChI=1S/C14H14F2N4OS2/c1-3-7-17-13-19-20-14(23-13)22-8(2)12(21)18-11-9(15)5-4-6-10(11)16/h3-6,8H,1,7H2,2H3,(H,17,19)(H,18,21)/t8-/m0/s1. The van der Waals surface area contributed by atoms with Crippen LogP contribution in [0.5, 0.6) is 0 Å². The van der Waals surface area contributed by atoms with E-state index in [1.165, 1.54) is 17.4 Å². The van der Waals surface area contributed by atoms with Gasteiger partial charge in [0, 0.05) is 6.54 Å². The Balaban J connectivity index is 1.97. The van der Waals surface area contributed by atoms with Crippen molar-refractivity contribution in [1.29, 1.82) is 0 Å². The van der Waals surface area contributed by atoms with E-state index in [0.717, 1.165) is 23.9 Å². The molecule has 0 unspecified atom stereocenters. The first-order valence-electron chi connectivity index (χ1n) is 6.61. The Morgan fingerprint density at radius 3 is 2.78 bits per heavy atom. The van der Waals surface area contributed by atoms with Crippen LogP contribution in [0, 0.1) is 11.6 Å². The normalized spacial score (nSPS) is 11.8. The highest BCUT2D eigenvalue weighted by Gasteiger charge is 2.20. The Morgan fingerprint density at radius 2 is 2.13 bits per heavy atom. The van der Waals surface area contributed by atoms with Gasteiger partial charge in [0.2, 0.25) is 11.0 Å². The lowest BCUT2D eigenvalue weighted by Crippen LogP contribution is -2.23. The number of benzene rings is 1. The number of hydrogen-bond acceptors (Lipinski definition) is 6. The highest BCUT2D eigenvalue weighted by Crippen LogP contribution is 2.29. The van der Waals surface area contributed by atoms with Gasteiger partial charge in [0.25, 0.3) is 0 Å². The second kappa shape index (κ2) is 8.02. The van der Waals surface area contributed by atoms with E-state index in [0.29, 0.717) is 16.0 Å². The molecule has 9 heteroatoms. The van der Waals surface area contributed by atoms with Gasteiger partial charge in [0.15, 0.2) is 4.34 Å². The lowest BCUT2D eigenvalue weighted by atomic mass is 10.3. The molecular weight excluding hydrogens is 342 g/mol. The fourth-order valence-electron chi connectivity index (χ4n) is 1.54. The number of hydrogen-bond donors (Lipinski definition) is 2. The first kappa shape index (κ1) is 17.4. The predicted octanol–water partition coefficient (Wildman–Crippen LogP) is 3.53. The molecule has 2 rings (SSSR count). The third-order valence-electron chi connectivity index (χ3n) is 2.66. The zero-order chi connectivity index (χ0) is 16.8. The Morgan fingerprint density at radius 1 is 1.43 bits per heavy atom. The fourth-order valence-corrected chi connectivity index (χ4v) is 3.44. The largest absolute Gasteiger partial charge is 0.357 e. The Hall–Kier alpha value is -2.00. The minimum Gasteiger partial charge on any atom is -0.357 e. The topological polar surface area (TPSA) is 66.9 Å². The molecule has 1 aromatic carbocycles. The molecule has 0 saturated heterocycles. The van der Waals surface area contributed by atoms with Crippen LogP contribution >= 0.6 is 23.1 Å². The van der Waals surface area contributed by atoms with Crippen LogP contribution in [0.1, 0.15) is 6.92 Å². The Kier molecular flexibility index (Phi) is 6.05. The summed E-state index contributed by atoms with van der Waals surface area (Å²) in [4.78, 5) is 12.1. The van der Waals surface area contributed by atoms with Gasteiger partial charge in [-0.3, -0.25) is 4.79 Å². The van der Waals surface area contributed by atoms with Crippen LogP contribution < -0.4 is 10.6 Å². The molecule has 122 valence electrons. The quantitative estimate of drug-likeness (QED) is 0.587. The molecule has 2 N–H and O–H groups in total. The second-order valence-electron chi connectivity index (χ2n) is 4.39. The molecule has 5 nitrogen and oxygen atoms in total. The molecule has 0 saturated carbocycles. The van der Waals surface area contributed by atoms with Gasteiger partial charge in [-0.15, -0.1) is 16.8 Å². The van der Waals surface area contributed by atoms with E-state index in [9.17, 15) is 13.6 Å². The number of anilines is 2. The van der Waals surface area contributed by atoms with Gasteiger partial charge in [0.05, 0.1) is 5.25 Å². The number of thioether (sulfide) groups is 1. The zero-order valence-electron chi connectivity index (χ0n) is 12.2. The Bertz CT molecular complexity index is 688. The molecule has 0 fully saturated rings. The van der Waals surface area contributed by atoms with Gasteiger partial charge in [-0.2, -0.15) is 0 Å². The number of carbonyl (C=O) groups excluding carboxylic acids is 1. The van der Waals surface area contributed by atoms with Crippen molar-refractivity contribution in [3.63, 3.8) is 0 Å². The van der Waals surface area contributed by atoms with Crippen molar-refractivity contribution in [3.8, 4) is 0 Å². The number of rotatable bonds is 7. The van der Waals surface area contributed by atoms with Crippen molar-refractivity contribution in [1.82, 2.24) is 10.2 Å². The first-order valence-corrected chi connectivity index (χ1v) is 8.30. The monoisotopic (exact) mass is 356 g/mol. The summed E-state index contributed by atoms with van der Waals surface area (Å²) in [5, 5.41) is 13.1. The van der Waals surface area contributed by atoms with Crippen molar-refractivity contribution in [2.75, 3.05) is 17.2 Å². The lowest BCUT2D eigenvalue weighted by Gasteiger charge is -2.11. The van der Waals surface area contributed by atoms with E-state index < -0.39 is 28.5 Å². The zero-order valence-corrected chi connectivity index (χ0v) is 13.8. The van der Waals surface area contributed by atoms with Gasteiger partial charge in [-0.05, 0) is 19.1 Å². The first-order chi connectivity index (χ1) is 11.0. The van der Waals surface area contributed by atoms with Crippen molar-refractivity contribution >= 4 is 39.8 Å².